The summed E-state index contributed by atoms with van der Waals surface area (Å²) < 4.78 is 5.77. The van der Waals surface area contributed by atoms with E-state index >= 15 is 0 Å². The topological polar surface area (TPSA) is 111 Å². The second-order valence-electron chi connectivity index (χ2n) is 8.26. The number of nitrogens with one attached hydrogen (secondary N) is 2. The summed E-state index contributed by atoms with van der Waals surface area (Å²) in [6.07, 6.45) is 1.57. The molecule has 8 nitrogen and oxygen atoms in total. The molecule has 2 heterocycles. The standard InChI is InChI=1S/C26H26N4O4/c1-16-4-5-19(26(32)33)14-21(16)24-23(18-10-11-27-22(31)15-18)28-25(29-24)17-6-8-20(9-7-17)34-13-12-30(2)3/h4-11,14-15H,12-13H2,1-3H3,(H,27,31)(H,28,29)(H,32,33). The van der Waals surface area contributed by atoms with Crippen LogP contribution in [0.4, 0.5) is 0 Å². The molecule has 0 atom stereocenters. The SMILES string of the molecule is Cc1ccc(C(=O)O)cc1-c1[nH]c(-c2ccc(OCCN(C)C)cc2)nc1-c1cc[nH]c(=O)c1. The van der Waals surface area contributed by atoms with Gasteiger partial charge in [0.15, 0.2) is 0 Å². The highest BCUT2D eigenvalue weighted by Crippen LogP contribution is 2.35. The third kappa shape index (κ3) is 5.07. The zero-order chi connectivity index (χ0) is 24.2. The molecule has 0 unspecified atom stereocenters. The van der Waals surface area contributed by atoms with Gasteiger partial charge in [0, 0.05) is 35.5 Å². The summed E-state index contributed by atoms with van der Waals surface area (Å²) in [5, 5.41) is 9.49. The van der Waals surface area contributed by atoms with Crippen molar-refractivity contribution in [2.45, 2.75) is 6.92 Å². The van der Waals surface area contributed by atoms with E-state index in [1.807, 2.05) is 45.3 Å². The van der Waals surface area contributed by atoms with Crippen LogP contribution in [0.5, 0.6) is 5.75 Å². The maximum Gasteiger partial charge on any atom is 0.335 e. The number of aromatic amines is 2. The maximum absolute atomic E-state index is 12.0. The number of aryl methyl sites for hydroxylation is 1. The van der Waals surface area contributed by atoms with Crippen LogP contribution < -0.4 is 10.3 Å². The minimum absolute atomic E-state index is 0.174. The average molecular weight is 459 g/mol. The van der Waals surface area contributed by atoms with E-state index in [4.69, 9.17) is 9.72 Å². The van der Waals surface area contributed by atoms with Gasteiger partial charge in [0.2, 0.25) is 5.56 Å². The van der Waals surface area contributed by atoms with Crippen LogP contribution in [-0.2, 0) is 0 Å². The molecule has 8 heteroatoms. The predicted octanol–water partition coefficient (Wildman–Crippen LogP) is 4.05. The lowest BCUT2D eigenvalue weighted by Gasteiger charge is -2.11. The third-order valence-corrected chi connectivity index (χ3v) is 5.44. The molecule has 0 aliphatic carbocycles. The molecule has 4 rings (SSSR count). The van der Waals surface area contributed by atoms with Gasteiger partial charge in [-0.3, -0.25) is 4.79 Å². The highest BCUT2D eigenvalue weighted by molar-refractivity contribution is 5.91. The Balaban J connectivity index is 1.77. The lowest BCUT2D eigenvalue weighted by Crippen LogP contribution is -2.19. The van der Waals surface area contributed by atoms with Crippen molar-refractivity contribution < 1.29 is 14.6 Å². The summed E-state index contributed by atoms with van der Waals surface area (Å²) in [5.41, 5.74) is 4.20. The minimum atomic E-state index is -1.01. The van der Waals surface area contributed by atoms with E-state index in [0.717, 1.165) is 23.4 Å². The van der Waals surface area contributed by atoms with Gasteiger partial charge in [-0.1, -0.05) is 6.07 Å². The first-order valence-electron chi connectivity index (χ1n) is 10.8. The van der Waals surface area contributed by atoms with Crippen LogP contribution >= 0.6 is 0 Å². The zero-order valence-corrected chi connectivity index (χ0v) is 19.3. The van der Waals surface area contributed by atoms with Crippen LogP contribution in [-0.4, -0.2) is 58.2 Å². The number of nitrogens with zero attached hydrogens (tertiary/aromatic N) is 2. The van der Waals surface area contributed by atoms with Gasteiger partial charge in [-0.25, -0.2) is 9.78 Å². The Morgan fingerprint density at radius 1 is 1.06 bits per heavy atom. The zero-order valence-electron chi connectivity index (χ0n) is 19.3. The molecule has 4 aromatic rings. The molecule has 0 aliphatic heterocycles. The molecule has 0 radical (unpaired) electrons. The van der Waals surface area contributed by atoms with E-state index in [-0.39, 0.29) is 11.1 Å². The van der Waals surface area contributed by atoms with Gasteiger partial charge in [0.05, 0.1) is 17.0 Å². The number of aromatic nitrogens is 3. The number of hydrogen-bond donors (Lipinski definition) is 3. The molecule has 0 aliphatic rings. The Labute approximate surface area is 196 Å². The van der Waals surface area contributed by atoms with Crippen LogP contribution in [0.2, 0.25) is 0 Å². The van der Waals surface area contributed by atoms with E-state index in [1.54, 1.807) is 30.5 Å². The number of imidazole rings is 1. The molecular formula is C26H26N4O4. The lowest BCUT2D eigenvalue weighted by atomic mass is 9.99. The predicted molar refractivity (Wildman–Crippen MR) is 131 cm³/mol. The Bertz CT molecular complexity index is 1370. The van der Waals surface area contributed by atoms with Crippen molar-refractivity contribution in [1.29, 1.82) is 0 Å². The number of benzene rings is 2. The first-order valence-corrected chi connectivity index (χ1v) is 10.8. The number of ether oxygens (including phenoxy) is 1. The summed E-state index contributed by atoms with van der Waals surface area (Å²) in [7, 11) is 3.99. The van der Waals surface area contributed by atoms with Gasteiger partial charge in [0.1, 0.15) is 18.2 Å². The normalized spacial score (nSPS) is 11.1. The molecule has 0 fully saturated rings. The molecule has 0 bridgehead atoms. The molecule has 34 heavy (non-hydrogen) atoms. The summed E-state index contributed by atoms with van der Waals surface area (Å²) in [5.74, 6) is 0.353. The largest absolute Gasteiger partial charge is 0.492 e. The number of pyridine rings is 1. The smallest absolute Gasteiger partial charge is 0.335 e. The molecule has 0 spiro atoms. The third-order valence-electron chi connectivity index (χ3n) is 5.44. The molecule has 0 saturated heterocycles. The number of H-pyrrole nitrogens is 2. The Morgan fingerprint density at radius 3 is 2.50 bits per heavy atom. The molecule has 0 amide bonds. The van der Waals surface area contributed by atoms with Crippen molar-refractivity contribution in [3.05, 3.63) is 82.3 Å². The first-order chi connectivity index (χ1) is 16.3. The van der Waals surface area contributed by atoms with E-state index < -0.39 is 5.97 Å². The number of carbonyl (C=O) groups is 1. The van der Waals surface area contributed by atoms with Crippen LogP contribution in [0, 0.1) is 6.92 Å². The van der Waals surface area contributed by atoms with Gasteiger partial charge in [-0.15, -0.1) is 0 Å². The van der Waals surface area contributed by atoms with Crippen molar-refractivity contribution >= 4 is 5.97 Å². The molecule has 2 aromatic heterocycles. The van der Waals surface area contributed by atoms with Gasteiger partial charge in [0.25, 0.3) is 0 Å². The fourth-order valence-electron chi connectivity index (χ4n) is 3.59. The second kappa shape index (κ2) is 9.76. The highest BCUT2D eigenvalue weighted by Gasteiger charge is 2.18. The number of aromatic carboxylic acids is 1. The quantitative estimate of drug-likeness (QED) is 0.367. The lowest BCUT2D eigenvalue weighted by molar-refractivity contribution is 0.0697. The van der Waals surface area contributed by atoms with Crippen molar-refractivity contribution in [1.82, 2.24) is 19.9 Å². The van der Waals surface area contributed by atoms with E-state index in [9.17, 15) is 14.7 Å². The van der Waals surface area contributed by atoms with Gasteiger partial charge in [-0.2, -0.15) is 0 Å². The van der Waals surface area contributed by atoms with Crippen molar-refractivity contribution in [2.24, 2.45) is 0 Å². The van der Waals surface area contributed by atoms with Crippen molar-refractivity contribution in [3.63, 3.8) is 0 Å². The van der Waals surface area contributed by atoms with Crippen LogP contribution in [0.1, 0.15) is 15.9 Å². The first kappa shape index (κ1) is 23.0. The number of likely N-dealkylation sites (N-methyl/N-ethyl adjacent to an activating group) is 1. The molecule has 0 saturated carbocycles. The summed E-state index contributed by atoms with van der Waals surface area (Å²) >= 11 is 0. The number of carboxylic acids is 1. The highest BCUT2D eigenvalue weighted by atomic mass is 16.5. The van der Waals surface area contributed by atoms with Crippen LogP contribution in [0.25, 0.3) is 33.9 Å². The van der Waals surface area contributed by atoms with E-state index in [0.29, 0.717) is 34.9 Å². The van der Waals surface area contributed by atoms with Gasteiger partial charge >= 0.3 is 5.97 Å². The number of rotatable bonds is 8. The molecule has 2 aromatic carbocycles. The number of hydrogen-bond acceptors (Lipinski definition) is 5. The van der Waals surface area contributed by atoms with Gasteiger partial charge < -0.3 is 24.7 Å². The average Bonchev–Trinajstić information content (AvgIpc) is 3.25. The minimum Gasteiger partial charge on any atom is -0.492 e. The van der Waals surface area contributed by atoms with Crippen molar-refractivity contribution in [2.75, 3.05) is 27.2 Å². The Hall–Kier alpha value is -4.17. The van der Waals surface area contributed by atoms with E-state index in [2.05, 4.69) is 14.9 Å². The monoisotopic (exact) mass is 458 g/mol. The molecule has 174 valence electrons. The summed E-state index contributed by atoms with van der Waals surface area (Å²) in [6.45, 7) is 3.31. The maximum atomic E-state index is 12.0. The van der Waals surface area contributed by atoms with Crippen LogP contribution in [0.15, 0.2) is 65.6 Å². The second-order valence-corrected chi connectivity index (χ2v) is 8.26. The van der Waals surface area contributed by atoms with Gasteiger partial charge in [-0.05, 0) is 69.0 Å². The van der Waals surface area contributed by atoms with Crippen LogP contribution in [0.3, 0.4) is 0 Å². The summed E-state index contributed by atoms with van der Waals surface area (Å²) in [6, 6.07) is 15.8. The fraction of sp³-hybridized carbons (Fsp3) is 0.192. The van der Waals surface area contributed by atoms with E-state index in [1.165, 1.54) is 6.07 Å². The summed E-state index contributed by atoms with van der Waals surface area (Å²) in [4.78, 5) is 36.4. The fourth-order valence-corrected chi connectivity index (χ4v) is 3.59. The molecular weight excluding hydrogens is 432 g/mol. The Kier molecular flexibility index (Phi) is 6.60. The van der Waals surface area contributed by atoms with Crippen molar-refractivity contribution in [3.8, 4) is 39.7 Å². The Morgan fingerprint density at radius 2 is 1.82 bits per heavy atom. The number of carboxylic acid groups (broad SMARTS) is 1. The molecule has 3 N–H and O–H groups in total.